The number of carboxylic acids is 1. The molecule has 0 bridgehead atoms. The Morgan fingerprint density at radius 2 is 1.76 bits per heavy atom. The van der Waals surface area contributed by atoms with Gasteiger partial charge < -0.3 is 14.7 Å². The molecular formula is C24H30N2O7S. The van der Waals surface area contributed by atoms with Gasteiger partial charge in [-0.15, -0.1) is 0 Å². The molecule has 0 heterocycles. The van der Waals surface area contributed by atoms with Crippen molar-refractivity contribution in [2.24, 2.45) is 0 Å². The van der Waals surface area contributed by atoms with E-state index >= 15 is 0 Å². The normalized spacial score (nSPS) is 15.0. The molecule has 1 atom stereocenters. The highest BCUT2D eigenvalue weighted by atomic mass is 32.2. The van der Waals surface area contributed by atoms with Gasteiger partial charge in [-0.05, 0) is 56.5 Å². The van der Waals surface area contributed by atoms with Gasteiger partial charge in [-0.1, -0.05) is 30.3 Å². The van der Waals surface area contributed by atoms with Gasteiger partial charge in [-0.2, -0.15) is 4.72 Å². The molecule has 1 amide bonds. The van der Waals surface area contributed by atoms with Crippen molar-refractivity contribution in [1.29, 1.82) is 0 Å². The van der Waals surface area contributed by atoms with Crippen LogP contribution in [0.15, 0.2) is 47.4 Å². The number of carbonyl (C=O) groups excluding carboxylic acids is 2. The number of hydrogen-bond acceptors (Lipinski definition) is 6. The van der Waals surface area contributed by atoms with E-state index in [1.54, 1.807) is 39.0 Å². The quantitative estimate of drug-likeness (QED) is 0.490. The molecule has 0 radical (unpaired) electrons. The van der Waals surface area contributed by atoms with Crippen LogP contribution in [0.1, 0.15) is 46.5 Å². The van der Waals surface area contributed by atoms with E-state index in [0.29, 0.717) is 18.2 Å². The summed E-state index contributed by atoms with van der Waals surface area (Å²) in [5.74, 6) is -2.45. The first-order valence-corrected chi connectivity index (χ1v) is 12.6. The molecule has 2 N–H and O–H groups in total. The molecule has 1 aliphatic carbocycles. The van der Waals surface area contributed by atoms with E-state index < -0.39 is 45.9 Å². The Hall–Kier alpha value is -2.98. The molecule has 0 saturated heterocycles. The minimum atomic E-state index is -4.18. The zero-order valence-electron chi connectivity index (χ0n) is 19.5. The van der Waals surface area contributed by atoms with Crippen molar-refractivity contribution in [3.05, 3.63) is 42.5 Å². The third-order valence-corrected chi connectivity index (χ3v) is 6.72. The monoisotopic (exact) mass is 490 g/mol. The Balaban J connectivity index is 1.88. The molecular weight excluding hydrogens is 460 g/mol. The van der Waals surface area contributed by atoms with Crippen molar-refractivity contribution in [1.82, 2.24) is 9.62 Å². The minimum absolute atomic E-state index is 0.0447. The van der Waals surface area contributed by atoms with Gasteiger partial charge in [-0.25, -0.2) is 8.42 Å². The van der Waals surface area contributed by atoms with E-state index in [1.807, 2.05) is 12.1 Å². The third kappa shape index (κ3) is 7.01. The Labute approximate surface area is 199 Å². The first kappa shape index (κ1) is 25.6. The topological polar surface area (TPSA) is 130 Å². The van der Waals surface area contributed by atoms with E-state index in [4.69, 9.17) is 9.84 Å². The highest BCUT2D eigenvalue weighted by molar-refractivity contribution is 7.89. The number of esters is 1. The van der Waals surface area contributed by atoms with Crippen molar-refractivity contribution in [2.45, 2.75) is 69.0 Å². The maximum atomic E-state index is 13.4. The van der Waals surface area contributed by atoms with Gasteiger partial charge in [0.1, 0.15) is 11.6 Å². The highest BCUT2D eigenvalue weighted by Gasteiger charge is 2.39. The summed E-state index contributed by atoms with van der Waals surface area (Å²) in [6, 6.07) is 10.3. The zero-order chi connectivity index (χ0) is 25.1. The van der Waals surface area contributed by atoms with Crippen LogP contribution in [0, 0.1) is 0 Å². The number of benzene rings is 2. The number of rotatable bonds is 10. The Bertz CT molecular complexity index is 1180. The van der Waals surface area contributed by atoms with Crippen LogP contribution in [0.5, 0.6) is 0 Å². The maximum Gasteiger partial charge on any atom is 0.308 e. The third-order valence-electron chi connectivity index (χ3n) is 5.25. The maximum absolute atomic E-state index is 13.4. The fourth-order valence-electron chi connectivity index (χ4n) is 3.59. The first-order valence-electron chi connectivity index (χ1n) is 11.1. The molecule has 1 fully saturated rings. The van der Waals surface area contributed by atoms with Crippen molar-refractivity contribution >= 4 is 38.6 Å². The van der Waals surface area contributed by atoms with Crippen LogP contribution in [0.2, 0.25) is 0 Å². The molecule has 9 nitrogen and oxygen atoms in total. The second-order valence-electron chi connectivity index (χ2n) is 9.38. The lowest BCUT2D eigenvalue weighted by Crippen LogP contribution is -2.51. The lowest BCUT2D eigenvalue weighted by Gasteiger charge is -2.28. The van der Waals surface area contributed by atoms with Gasteiger partial charge in [-0.3, -0.25) is 14.4 Å². The summed E-state index contributed by atoms with van der Waals surface area (Å²) in [5, 5.41) is 10.6. The Kier molecular flexibility index (Phi) is 7.62. The lowest BCUT2D eigenvalue weighted by atomic mass is 10.1. The summed E-state index contributed by atoms with van der Waals surface area (Å²) in [4.78, 5) is 38.3. The predicted octanol–water partition coefficient (Wildman–Crippen LogP) is 2.68. The molecule has 2 aromatic rings. The minimum Gasteiger partial charge on any atom is -0.481 e. The summed E-state index contributed by atoms with van der Waals surface area (Å²) < 4.78 is 34.1. The van der Waals surface area contributed by atoms with Crippen LogP contribution in [0.4, 0.5) is 0 Å². The molecule has 0 aromatic heterocycles. The Morgan fingerprint density at radius 3 is 2.35 bits per heavy atom. The van der Waals surface area contributed by atoms with Crippen LogP contribution in [0.25, 0.3) is 10.8 Å². The summed E-state index contributed by atoms with van der Waals surface area (Å²) in [7, 11) is -4.18. The van der Waals surface area contributed by atoms with Gasteiger partial charge in [0.05, 0.1) is 17.7 Å². The number of amides is 1. The van der Waals surface area contributed by atoms with Crippen molar-refractivity contribution in [2.75, 3.05) is 6.54 Å². The number of nitrogens with one attached hydrogen (secondary N) is 1. The molecule has 0 aliphatic heterocycles. The van der Waals surface area contributed by atoms with Gasteiger partial charge in [0, 0.05) is 12.6 Å². The average molecular weight is 491 g/mol. The van der Waals surface area contributed by atoms with E-state index in [9.17, 15) is 22.8 Å². The smallest absolute Gasteiger partial charge is 0.308 e. The summed E-state index contributed by atoms with van der Waals surface area (Å²) in [6.07, 6.45) is 0.599. The molecule has 184 valence electrons. The van der Waals surface area contributed by atoms with E-state index in [-0.39, 0.29) is 23.9 Å². The van der Waals surface area contributed by atoms with Gasteiger partial charge in [0.15, 0.2) is 0 Å². The molecule has 34 heavy (non-hydrogen) atoms. The van der Waals surface area contributed by atoms with Gasteiger partial charge in [0.25, 0.3) is 0 Å². The van der Waals surface area contributed by atoms with Crippen LogP contribution in [-0.4, -0.2) is 60.5 Å². The number of ether oxygens (including phenoxy) is 1. The summed E-state index contributed by atoms with van der Waals surface area (Å²) in [5.41, 5.74) is -0.818. The second kappa shape index (κ2) is 10.1. The fraction of sp³-hybridized carbons (Fsp3) is 0.458. The number of fused-ring (bicyclic) bond motifs is 1. The number of hydrogen-bond donors (Lipinski definition) is 2. The number of sulfonamides is 1. The van der Waals surface area contributed by atoms with Crippen LogP contribution in [0.3, 0.4) is 0 Å². The molecule has 0 spiro atoms. The number of carbonyl (C=O) groups is 3. The van der Waals surface area contributed by atoms with Gasteiger partial charge in [0.2, 0.25) is 15.9 Å². The number of nitrogens with zero attached hydrogens (tertiary/aromatic N) is 1. The van der Waals surface area contributed by atoms with Crippen molar-refractivity contribution in [3.8, 4) is 0 Å². The van der Waals surface area contributed by atoms with Crippen LogP contribution >= 0.6 is 0 Å². The largest absolute Gasteiger partial charge is 0.481 e. The van der Waals surface area contributed by atoms with Crippen LogP contribution < -0.4 is 4.72 Å². The van der Waals surface area contributed by atoms with Crippen LogP contribution in [-0.2, 0) is 29.1 Å². The highest BCUT2D eigenvalue weighted by Crippen LogP contribution is 2.28. The molecule has 3 rings (SSSR count). The number of aliphatic carboxylic acids is 1. The average Bonchev–Trinajstić information content (AvgIpc) is 3.56. The predicted molar refractivity (Wildman–Crippen MR) is 126 cm³/mol. The lowest BCUT2D eigenvalue weighted by molar-refractivity contribution is -0.157. The van der Waals surface area contributed by atoms with E-state index in [0.717, 1.165) is 5.39 Å². The summed E-state index contributed by atoms with van der Waals surface area (Å²) in [6.45, 7) is 4.94. The van der Waals surface area contributed by atoms with E-state index in [2.05, 4.69) is 4.72 Å². The first-order chi connectivity index (χ1) is 15.9. The Morgan fingerprint density at radius 1 is 1.12 bits per heavy atom. The van der Waals surface area contributed by atoms with Gasteiger partial charge >= 0.3 is 11.9 Å². The summed E-state index contributed by atoms with van der Waals surface area (Å²) >= 11 is 0. The zero-order valence-corrected chi connectivity index (χ0v) is 20.3. The standard InChI is InChI=1S/C24H30N2O7S/c1-24(2,3)33-22(29)15-20(23(30)26(18-9-10-18)13-12-21(27)28)25-34(31,32)19-11-8-16-6-4-5-7-17(16)14-19/h4-8,11,14,18,20,25H,9-10,12-13,15H2,1-3H3,(H,27,28)/t20-/m0/s1. The molecule has 1 saturated carbocycles. The molecule has 10 heteroatoms. The SMILES string of the molecule is CC(C)(C)OC(=O)C[C@H](NS(=O)(=O)c1ccc2ccccc2c1)C(=O)N(CCC(=O)O)C1CC1. The van der Waals surface area contributed by atoms with E-state index in [1.165, 1.54) is 17.0 Å². The fourth-order valence-corrected chi connectivity index (χ4v) is 4.82. The molecule has 0 unspecified atom stereocenters. The molecule has 2 aromatic carbocycles. The van der Waals surface area contributed by atoms with Crippen molar-refractivity contribution < 1.29 is 32.6 Å². The molecule has 1 aliphatic rings. The second-order valence-corrected chi connectivity index (χ2v) is 11.1. The number of carboxylic acid groups (broad SMARTS) is 1. The van der Waals surface area contributed by atoms with Crippen molar-refractivity contribution in [3.63, 3.8) is 0 Å².